The number of hydrogen-bond acceptors (Lipinski definition) is 0. The molecule has 0 nitrogen and oxygen atoms in total. The predicted molar refractivity (Wildman–Crippen MR) is 60.9 cm³/mol. The van der Waals surface area contributed by atoms with Crippen LogP contribution in [0, 0.1) is 17.6 Å². The fourth-order valence-corrected chi connectivity index (χ4v) is 1.21. The molecule has 0 saturated heterocycles. The molecular formula is C13H20F2. The van der Waals surface area contributed by atoms with Gasteiger partial charge < -0.3 is 0 Å². The zero-order valence-corrected chi connectivity index (χ0v) is 9.98. The Bertz CT molecular complexity index is 282. The van der Waals surface area contributed by atoms with Crippen LogP contribution in [0.5, 0.6) is 0 Å². The molecule has 0 spiro atoms. The second-order valence-corrected chi connectivity index (χ2v) is 3.47. The highest BCUT2D eigenvalue weighted by Crippen LogP contribution is 2.14. The summed E-state index contributed by atoms with van der Waals surface area (Å²) >= 11 is 0. The lowest BCUT2D eigenvalue weighted by atomic mass is 9.99. The molecule has 0 heterocycles. The molecule has 0 amide bonds. The molecule has 2 heteroatoms. The maximum atomic E-state index is 12.8. The van der Waals surface area contributed by atoms with Crippen LogP contribution in [-0.2, 0) is 6.42 Å². The van der Waals surface area contributed by atoms with E-state index in [4.69, 9.17) is 0 Å². The van der Waals surface area contributed by atoms with Crippen molar-refractivity contribution in [3.63, 3.8) is 0 Å². The van der Waals surface area contributed by atoms with E-state index in [-0.39, 0.29) is 0 Å². The van der Waals surface area contributed by atoms with Crippen LogP contribution in [0.25, 0.3) is 0 Å². The van der Waals surface area contributed by atoms with Crippen LogP contribution in [-0.4, -0.2) is 0 Å². The highest BCUT2D eigenvalue weighted by Gasteiger charge is 2.05. The summed E-state index contributed by atoms with van der Waals surface area (Å²) in [6.07, 6.45) is 1.87. The Kier molecular flexibility index (Phi) is 6.93. The lowest BCUT2D eigenvalue weighted by Crippen LogP contribution is -1.98. The van der Waals surface area contributed by atoms with E-state index in [1.54, 1.807) is 6.07 Å². The van der Waals surface area contributed by atoms with Crippen LogP contribution >= 0.6 is 0 Å². The molecule has 0 aliphatic carbocycles. The highest BCUT2D eigenvalue weighted by molar-refractivity contribution is 5.18. The van der Waals surface area contributed by atoms with Gasteiger partial charge in [-0.25, -0.2) is 8.78 Å². The molecule has 0 bridgehead atoms. The topological polar surface area (TPSA) is 0 Å². The Hall–Kier alpha value is -0.920. The van der Waals surface area contributed by atoms with Crippen molar-refractivity contribution < 1.29 is 8.78 Å². The largest absolute Gasteiger partial charge is 0.204 e. The molecule has 0 saturated carbocycles. The number of hydrogen-bond donors (Lipinski definition) is 0. The molecule has 0 N–H and O–H groups in total. The van der Waals surface area contributed by atoms with Crippen molar-refractivity contribution in [1.82, 2.24) is 0 Å². The summed E-state index contributed by atoms with van der Waals surface area (Å²) in [4.78, 5) is 0. The number of rotatable bonds is 3. The van der Waals surface area contributed by atoms with Gasteiger partial charge in [0.2, 0.25) is 0 Å². The zero-order chi connectivity index (χ0) is 11.8. The van der Waals surface area contributed by atoms with E-state index in [1.165, 1.54) is 12.1 Å². The third kappa shape index (κ3) is 4.91. The number of halogens is 2. The highest BCUT2D eigenvalue weighted by atomic mass is 19.2. The van der Waals surface area contributed by atoms with E-state index >= 15 is 0 Å². The Labute approximate surface area is 91.3 Å². The normalized spacial score (nSPS) is 11.6. The van der Waals surface area contributed by atoms with Crippen molar-refractivity contribution in [2.24, 2.45) is 5.92 Å². The fourth-order valence-electron chi connectivity index (χ4n) is 1.21. The van der Waals surface area contributed by atoms with Gasteiger partial charge in [0.15, 0.2) is 11.6 Å². The van der Waals surface area contributed by atoms with Gasteiger partial charge >= 0.3 is 0 Å². The zero-order valence-electron chi connectivity index (χ0n) is 9.98. The molecule has 0 aliphatic heterocycles. The first-order valence-corrected chi connectivity index (χ1v) is 5.57. The standard InChI is InChI=1S/C11H14F2.C2H6/c1-3-8(2)6-9-4-5-10(12)11(13)7-9;1-2/h4-5,7-8H,3,6H2,1-2H3;1-2H3. The molecule has 1 atom stereocenters. The lowest BCUT2D eigenvalue weighted by molar-refractivity contribution is 0.502. The summed E-state index contributed by atoms with van der Waals surface area (Å²) in [7, 11) is 0. The summed E-state index contributed by atoms with van der Waals surface area (Å²) in [5.74, 6) is -1.00. The minimum atomic E-state index is -0.770. The van der Waals surface area contributed by atoms with Crippen molar-refractivity contribution in [2.45, 2.75) is 40.5 Å². The quantitative estimate of drug-likeness (QED) is 0.691. The summed E-state index contributed by atoms with van der Waals surface area (Å²) in [6, 6.07) is 4.11. The molecule has 0 aromatic heterocycles. The van der Waals surface area contributed by atoms with Gasteiger partial charge in [-0.15, -0.1) is 0 Å². The van der Waals surface area contributed by atoms with Gasteiger partial charge in [0.25, 0.3) is 0 Å². The van der Waals surface area contributed by atoms with E-state index in [9.17, 15) is 8.78 Å². The lowest BCUT2D eigenvalue weighted by Gasteiger charge is -2.07. The van der Waals surface area contributed by atoms with Crippen molar-refractivity contribution in [1.29, 1.82) is 0 Å². The molecule has 1 unspecified atom stereocenters. The predicted octanol–water partition coefficient (Wildman–Crippen LogP) is 4.58. The van der Waals surface area contributed by atoms with Crippen LogP contribution in [0.4, 0.5) is 8.78 Å². The monoisotopic (exact) mass is 214 g/mol. The van der Waals surface area contributed by atoms with Crippen LogP contribution in [0.1, 0.15) is 39.7 Å². The minimum absolute atomic E-state index is 0.518. The van der Waals surface area contributed by atoms with Crippen molar-refractivity contribution >= 4 is 0 Å². The molecule has 0 fully saturated rings. The van der Waals surface area contributed by atoms with Crippen LogP contribution in [0.3, 0.4) is 0 Å². The molecular weight excluding hydrogens is 194 g/mol. The Balaban J connectivity index is 0.000000921. The van der Waals surface area contributed by atoms with E-state index in [0.717, 1.165) is 18.4 Å². The summed E-state index contributed by atoms with van der Waals surface area (Å²) in [5, 5.41) is 0. The van der Waals surface area contributed by atoms with Gasteiger partial charge in [-0.1, -0.05) is 40.2 Å². The van der Waals surface area contributed by atoms with E-state index in [2.05, 4.69) is 13.8 Å². The summed E-state index contributed by atoms with van der Waals surface area (Å²) in [6.45, 7) is 8.19. The minimum Gasteiger partial charge on any atom is -0.204 e. The molecule has 1 aromatic carbocycles. The SMILES string of the molecule is CC.CCC(C)Cc1ccc(F)c(F)c1. The van der Waals surface area contributed by atoms with Crippen molar-refractivity contribution in [2.75, 3.05) is 0 Å². The maximum absolute atomic E-state index is 12.8. The van der Waals surface area contributed by atoms with Crippen LogP contribution in [0.2, 0.25) is 0 Å². The van der Waals surface area contributed by atoms with Crippen molar-refractivity contribution in [3.8, 4) is 0 Å². The fraction of sp³-hybridized carbons (Fsp3) is 0.538. The molecule has 1 aromatic rings. The maximum Gasteiger partial charge on any atom is 0.159 e. The van der Waals surface area contributed by atoms with E-state index < -0.39 is 11.6 Å². The van der Waals surface area contributed by atoms with Gasteiger partial charge in [0.1, 0.15) is 0 Å². The van der Waals surface area contributed by atoms with Gasteiger partial charge in [-0.3, -0.25) is 0 Å². The first-order valence-electron chi connectivity index (χ1n) is 5.57. The Morgan fingerprint density at radius 3 is 2.20 bits per heavy atom. The third-order valence-electron chi connectivity index (χ3n) is 2.27. The van der Waals surface area contributed by atoms with Gasteiger partial charge in [0.05, 0.1) is 0 Å². The molecule has 1 rings (SSSR count). The third-order valence-corrected chi connectivity index (χ3v) is 2.27. The van der Waals surface area contributed by atoms with E-state index in [1.807, 2.05) is 13.8 Å². The average Bonchev–Trinajstić information content (AvgIpc) is 2.26. The van der Waals surface area contributed by atoms with Crippen molar-refractivity contribution in [3.05, 3.63) is 35.4 Å². The molecule has 0 aliphatic rings. The summed E-state index contributed by atoms with van der Waals surface area (Å²) in [5.41, 5.74) is 0.869. The Morgan fingerprint density at radius 1 is 1.13 bits per heavy atom. The van der Waals surface area contributed by atoms with Gasteiger partial charge in [-0.05, 0) is 30.0 Å². The molecule has 15 heavy (non-hydrogen) atoms. The summed E-state index contributed by atoms with van der Waals surface area (Å²) < 4.78 is 25.3. The van der Waals surface area contributed by atoms with Gasteiger partial charge in [-0.2, -0.15) is 0 Å². The first-order chi connectivity index (χ1) is 7.13. The number of benzene rings is 1. The first kappa shape index (κ1) is 14.1. The second kappa shape index (κ2) is 7.38. The van der Waals surface area contributed by atoms with Crippen LogP contribution < -0.4 is 0 Å². The van der Waals surface area contributed by atoms with Gasteiger partial charge in [0, 0.05) is 0 Å². The molecule has 86 valence electrons. The van der Waals surface area contributed by atoms with Crippen LogP contribution in [0.15, 0.2) is 18.2 Å². The molecule has 0 radical (unpaired) electrons. The smallest absolute Gasteiger partial charge is 0.159 e. The second-order valence-electron chi connectivity index (χ2n) is 3.47. The average molecular weight is 214 g/mol. The Morgan fingerprint density at radius 2 is 1.73 bits per heavy atom. The van der Waals surface area contributed by atoms with E-state index in [0.29, 0.717) is 5.92 Å².